The van der Waals surface area contributed by atoms with Gasteiger partial charge in [0.25, 0.3) is 0 Å². The van der Waals surface area contributed by atoms with Crippen molar-refractivity contribution < 1.29 is 26.7 Å². The van der Waals surface area contributed by atoms with E-state index in [1.54, 1.807) is 0 Å². The first kappa shape index (κ1) is 23.1. The molecule has 2 fully saturated rings. The third kappa shape index (κ3) is 6.45. The lowest BCUT2D eigenvalue weighted by molar-refractivity contribution is -0.276. The summed E-state index contributed by atoms with van der Waals surface area (Å²) in [7, 11) is 0. The maximum Gasteiger partial charge on any atom is 0.573 e. The number of aryl methyl sites for hydroxylation is 1. The number of allylic oxidation sites excluding steroid dienone is 2. The molecule has 1 nitrogen and oxygen atoms in total. The number of hydrogen-bond donors (Lipinski definition) is 0. The van der Waals surface area contributed by atoms with Crippen LogP contribution in [0.25, 0.3) is 0 Å². The van der Waals surface area contributed by atoms with Gasteiger partial charge in [0.1, 0.15) is 0 Å². The fourth-order valence-electron chi connectivity index (χ4n) is 5.37. The van der Waals surface area contributed by atoms with Crippen LogP contribution in [0.15, 0.2) is 24.3 Å². The van der Waals surface area contributed by atoms with E-state index in [1.807, 2.05) is 0 Å². The molecule has 0 atom stereocenters. The van der Waals surface area contributed by atoms with Gasteiger partial charge in [-0.3, -0.25) is 0 Å². The van der Waals surface area contributed by atoms with E-state index in [4.69, 9.17) is 0 Å². The van der Waals surface area contributed by atoms with E-state index < -0.39 is 23.7 Å². The Hall–Kier alpha value is -1.59. The van der Waals surface area contributed by atoms with Gasteiger partial charge in [-0.25, -0.2) is 8.78 Å². The van der Waals surface area contributed by atoms with Crippen LogP contribution in [0, 0.1) is 35.3 Å². The molecule has 0 aliphatic heterocycles. The van der Waals surface area contributed by atoms with Crippen LogP contribution in [-0.2, 0) is 6.42 Å². The molecule has 1 aromatic rings. The fraction of sp³-hybridized carbons (Fsp3) is 0.667. The molecule has 0 radical (unpaired) electrons. The molecule has 0 heterocycles. The minimum atomic E-state index is -5.12. The van der Waals surface area contributed by atoms with Crippen molar-refractivity contribution >= 4 is 0 Å². The molecule has 30 heavy (non-hydrogen) atoms. The Morgan fingerprint density at radius 2 is 1.43 bits per heavy atom. The monoisotopic (exact) mass is 430 g/mol. The molecule has 0 spiro atoms. The summed E-state index contributed by atoms with van der Waals surface area (Å²) in [6.07, 6.45) is 10.5. The van der Waals surface area contributed by atoms with Gasteiger partial charge in [0.05, 0.1) is 0 Å². The lowest BCUT2D eigenvalue weighted by atomic mass is 9.68. The maximum atomic E-state index is 13.9. The lowest BCUT2D eigenvalue weighted by Gasteiger charge is -2.37. The highest BCUT2D eigenvalue weighted by atomic mass is 19.4. The fourth-order valence-corrected chi connectivity index (χ4v) is 5.37. The normalized spacial score (nSPS) is 28.1. The van der Waals surface area contributed by atoms with Crippen molar-refractivity contribution in [3.63, 3.8) is 0 Å². The summed E-state index contributed by atoms with van der Waals surface area (Å²) in [6, 6.07) is 1.91. The van der Waals surface area contributed by atoms with Crippen LogP contribution < -0.4 is 4.74 Å². The first-order valence-electron chi connectivity index (χ1n) is 11.1. The summed E-state index contributed by atoms with van der Waals surface area (Å²) in [5.41, 5.74) is 0.379. The second-order valence-corrected chi connectivity index (χ2v) is 8.96. The Kier molecular flexibility index (Phi) is 7.81. The Morgan fingerprint density at radius 1 is 0.900 bits per heavy atom. The van der Waals surface area contributed by atoms with Gasteiger partial charge in [0.2, 0.25) is 5.75 Å². The van der Waals surface area contributed by atoms with Crippen LogP contribution in [0.4, 0.5) is 22.0 Å². The zero-order valence-corrected chi connectivity index (χ0v) is 17.5. The van der Waals surface area contributed by atoms with Crippen molar-refractivity contribution in [2.45, 2.75) is 77.5 Å². The van der Waals surface area contributed by atoms with Crippen LogP contribution in [0.2, 0.25) is 0 Å². The van der Waals surface area contributed by atoms with Gasteiger partial charge in [-0.1, -0.05) is 25.0 Å². The predicted molar refractivity (Wildman–Crippen MR) is 107 cm³/mol. The van der Waals surface area contributed by atoms with E-state index in [9.17, 15) is 22.0 Å². The summed E-state index contributed by atoms with van der Waals surface area (Å²) in [5, 5.41) is 0. The summed E-state index contributed by atoms with van der Waals surface area (Å²) in [5.74, 6) is -1.11. The van der Waals surface area contributed by atoms with E-state index >= 15 is 0 Å². The van der Waals surface area contributed by atoms with Gasteiger partial charge < -0.3 is 4.74 Å². The van der Waals surface area contributed by atoms with E-state index in [1.165, 1.54) is 38.5 Å². The molecule has 168 valence electrons. The molecule has 2 saturated carbocycles. The second-order valence-electron chi connectivity index (χ2n) is 8.96. The molecule has 0 aromatic heterocycles. The van der Waals surface area contributed by atoms with Crippen molar-refractivity contribution in [1.82, 2.24) is 0 Å². The molecule has 1 aromatic carbocycles. The van der Waals surface area contributed by atoms with Crippen LogP contribution >= 0.6 is 0 Å². The van der Waals surface area contributed by atoms with Crippen LogP contribution in [0.3, 0.4) is 0 Å². The van der Waals surface area contributed by atoms with Crippen LogP contribution in [0.5, 0.6) is 5.75 Å². The molecule has 0 N–H and O–H groups in total. The van der Waals surface area contributed by atoms with E-state index in [0.717, 1.165) is 49.1 Å². The molecule has 0 bridgehead atoms. The lowest BCUT2D eigenvalue weighted by Crippen LogP contribution is -2.25. The van der Waals surface area contributed by atoms with Gasteiger partial charge >= 0.3 is 6.36 Å². The van der Waals surface area contributed by atoms with Crippen LogP contribution in [-0.4, -0.2) is 6.36 Å². The predicted octanol–water partition coefficient (Wildman–Crippen LogP) is 7.98. The van der Waals surface area contributed by atoms with Gasteiger partial charge in [0.15, 0.2) is 11.6 Å². The Labute approximate surface area is 175 Å². The summed E-state index contributed by atoms with van der Waals surface area (Å²) in [6.45, 7) is 2.08. The molecular formula is C24H31F5O. The number of alkyl halides is 3. The SMILES string of the molecule is CC=CC1CCC(C2CCC(CCc3cc(F)c(OC(F)(F)F)c(F)c3)CC2)CC1. The average molecular weight is 431 g/mol. The highest BCUT2D eigenvalue weighted by Crippen LogP contribution is 2.42. The highest BCUT2D eigenvalue weighted by Gasteiger charge is 2.34. The molecule has 6 heteroatoms. The molecule has 0 saturated heterocycles. The van der Waals surface area contributed by atoms with Crippen molar-refractivity contribution in [1.29, 1.82) is 0 Å². The zero-order chi connectivity index (χ0) is 21.7. The van der Waals surface area contributed by atoms with Gasteiger partial charge in [-0.2, -0.15) is 0 Å². The topological polar surface area (TPSA) is 9.23 Å². The molecule has 3 rings (SSSR count). The van der Waals surface area contributed by atoms with Crippen molar-refractivity contribution in [2.24, 2.45) is 23.7 Å². The summed E-state index contributed by atoms with van der Waals surface area (Å²) in [4.78, 5) is 0. The largest absolute Gasteiger partial charge is 0.573 e. The molecule has 2 aliphatic rings. The molecule has 0 unspecified atom stereocenters. The average Bonchev–Trinajstić information content (AvgIpc) is 2.70. The first-order chi connectivity index (χ1) is 14.2. The number of benzene rings is 1. The third-order valence-corrected chi connectivity index (χ3v) is 6.96. The van der Waals surface area contributed by atoms with Crippen LogP contribution in [0.1, 0.15) is 70.3 Å². The van der Waals surface area contributed by atoms with Gasteiger partial charge in [-0.05, 0) is 99.7 Å². The summed E-state index contributed by atoms with van der Waals surface area (Å²) >= 11 is 0. The quantitative estimate of drug-likeness (QED) is 0.328. The minimum absolute atomic E-state index is 0.379. The van der Waals surface area contributed by atoms with E-state index in [0.29, 0.717) is 17.9 Å². The number of rotatable bonds is 6. The van der Waals surface area contributed by atoms with Crippen molar-refractivity contribution in [3.05, 3.63) is 41.5 Å². The smallest absolute Gasteiger partial charge is 0.399 e. The van der Waals surface area contributed by atoms with Gasteiger partial charge in [-0.15, -0.1) is 13.2 Å². The number of halogens is 5. The zero-order valence-electron chi connectivity index (χ0n) is 17.5. The van der Waals surface area contributed by atoms with Crippen molar-refractivity contribution in [2.75, 3.05) is 0 Å². The number of hydrogen-bond acceptors (Lipinski definition) is 1. The summed E-state index contributed by atoms with van der Waals surface area (Å²) < 4.78 is 68.0. The molecule has 2 aliphatic carbocycles. The second kappa shape index (κ2) is 10.1. The third-order valence-electron chi connectivity index (χ3n) is 6.96. The van der Waals surface area contributed by atoms with E-state index in [-0.39, 0.29) is 0 Å². The molecule has 0 amide bonds. The minimum Gasteiger partial charge on any atom is -0.399 e. The number of ether oxygens (including phenoxy) is 1. The Morgan fingerprint density at radius 3 is 1.93 bits per heavy atom. The Bertz CT molecular complexity index is 688. The Balaban J connectivity index is 1.45. The standard InChI is InChI=1S/C24H31F5O/c1-2-3-16-6-10-19(11-7-16)20-12-8-17(9-13-20)4-5-18-14-21(25)23(22(26)15-18)30-24(27,28)29/h2-3,14-17,19-20H,4-13H2,1H3. The van der Waals surface area contributed by atoms with Gasteiger partial charge in [0, 0.05) is 0 Å². The highest BCUT2D eigenvalue weighted by molar-refractivity contribution is 5.31. The van der Waals surface area contributed by atoms with Crippen molar-refractivity contribution in [3.8, 4) is 5.75 Å². The molecular weight excluding hydrogens is 399 g/mol. The maximum absolute atomic E-state index is 13.9. The van der Waals surface area contributed by atoms with E-state index in [2.05, 4.69) is 23.8 Å². The first-order valence-corrected chi connectivity index (χ1v) is 11.1.